The van der Waals surface area contributed by atoms with Crippen molar-refractivity contribution in [2.24, 2.45) is 0 Å². The normalized spacial score (nSPS) is 10.4. The van der Waals surface area contributed by atoms with Gasteiger partial charge < -0.3 is 18.5 Å². The van der Waals surface area contributed by atoms with Gasteiger partial charge in [0.15, 0.2) is 0 Å². The molecule has 1 heterocycles. The van der Waals surface area contributed by atoms with E-state index in [0.717, 1.165) is 19.9 Å². The van der Waals surface area contributed by atoms with E-state index < -0.39 is 42.0 Å². The van der Waals surface area contributed by atoms with Crippen molar-refractivity contribution in [1.29, 1.82) is 0 Å². The van der Waals surface area contributed by atoms with Crippen LogP contribution < -0.4 is 5.43 Å². The summed E-state index contributed by atoms with van der Waals surface area (Å²) in [7, 11) is -1.96. The Kier molecular flexibility index (Phi) is 6.22. The summed E-state index contributed by atoms with van der Waals surface area (Å²) in [6, 6.07) is 2.19. The van der Waals surface area contributed by atoms with Gasteiger partial charge in [0.2, 0.25) is 5.43 Å². The molecular weight excluding hydrogens is 383 g/mol. The van der Waals surface area contributed by atoms with Crippen LogP contribution in [0.4, 0.5) is 4.39 Å². The maximum Gasteiger partial charge on any atom is 0.870 e. The van der Waals surface area contributed by atoms with Gasteiger partial charge in [0, 0.05) is 32.0 Å². The van der Waals surface area contributed by atoms with Crippen molar-refractivity contribution >= 4 is 47.7 Å². The van der Waals surface area contributed by atoms with Crippen LogP contribution in [0.25, 0.3) is 10.9 Å². The molecule has 0 spiro atoms. The second-order valence-corrected chi connectivity index (χ2v) is 5.76. The second-order valence-electron chi connectivity index (χ2n) is 5.35. The van der Waals surface area contributed by atoms with Gasteiger partial charge in [-0.05, 0) is 19.1 Å². The van der Waals surface area contributed by atoms with Crippen molar-refractivity contribution in [2.45, 2.75) is 27.3 Å². The minimum Gasteiger partial charge on any atom is -0.462 e. The molecule has 0 aliphatic heterocycles. The third-order valence-electron chi connectivity index (χ3n) is 3.41. The number of nitrogens with zero attached hydrogens (tertiary/aromatic N) is 1. The van der Waals surface area contributed by atoms with Gasteiger partial charge in [0.1, 0.15) is 11.4 Å². The summed E-state index contributed by atoms with van der Waals surface area (Å²) in [5.74, 6) is -3.80. The zero-order valence-corrected chi connectivity index (χ0v) is 15.3. The number of aromatic nitrogens is 1. The van der Waals surface area contributed by atoms with E-state index in [1.54, 1.807) is 6.92 Å². The number of rotatable bonds is 5. The molecule has 0 bridgehead atoms. The van der Waals surface area contributed by atoms with E-state index in [-0.39, 0.29) is 10.4 Å². The van der Waals surface area contributed by atoms with Crippen molar-refractivity contribution in [3.8, 4) is 0 Å². The maximum absolute atomic E-state index is 13.8. The molecule has 11 heteroatoms. The van der Waals surface area contributed by atoms with Crippen LogP contribution in [-0.4, -0.2) is 29.8 Å². The van der Waals surface area contributed by atoms with Gasteiger partial charge >= 0.3 is 13.3 Å². The lowest BCUT2D eigenvalue weighted by atomic mass is 10.1. The molecule has 27 heavy (non-hydrogen) atoms. The number of benzene rings is 1. The molecule has 142 valence electrons. The second kappa shape index (κ2) is 8.21. The molecule has 0 saturated heterocycles. The van der Waals surface area contributed by atoms with Crippen LogP contribution in [0.1, 0.15) is 31.1 Å². The van der Waals surface area contributed by atoms with Crippen molar-refractivity contribution in [3.05, 3.63) is 45.0 Å². The van der Waals surface area contributed by atoms with Crippen molar-refractivity contribution < 1.29 is 32.7 Å². The third-order valence-corrected chi connectivity index (χ3v) is 3.70. The fraction of sp³-hybridized carbons (Fsp3) is 0.250. The highest BCUT2D eigenvalue weighted by molar-refractivity contribution is 6.44. The molecule has 0 amide bonds. The predicted octanol–water partition coefficient (Wildman–Crippen LogP) is 2.08. The van der Waals surface area contributed by atoms with E-state index in [2.05, 4.69) is 9.31 Å². The summed E-state index contributed by atoms with van der Waals surface area (Å²) in [5, 5.41) is -0.270. The Morgan fingerprint density at radius 1 is 1.15 bits per heavy atom. The topological polar surface area (TPSA) is 101 Å². The Labute approximate surface area is 157 Å². The first-order valence-corrected chi connectivity index (χ1v) is 8.09. The molecule has 0 radical (unpaired) electrons. The first-order valence-electron chi connectivity index (χ1n) is 7.71. The van der Waals surface area contributed by atoms with Gasteiger partial charge in [-0.15, -0.1) is 0 Å². The van der Waals surface area contributed by atoms with Gasteiger partial charge in [-0.2, -0.15) is 0 Å². The highest BCUT2D eigenvalue weighted by Gasteiger charge is 2.36. The van der Waals surface area contributed by atoms with Crippen molar-refractivity contribution in [3.63, 3.8) is 0 Å². The van der Waals surface area contributed by atoms with Crippen LogP contribution in [0.5, 0.6) is 0 Å². The monoisotopic (exact) mass is 397 g/mol. The number of carbonyl (C=O) groups excluding carboxylic acids is 3. The average molecular weight is 398 g/mol. The fourth-order valence-corrected chi connectivity index (χ4v) is 2.44. The lowest BCUT2D eigenvalue weighted by Crippen LogP contribution is -2.35. The first-order chi connectivity index (χ1) is 12.6. The molecule has 0 aliphatic carbocycles. The number of hydrogen-bond donors (Lipinski definition) is 0. The van der Waals surface area contributed by atoms with E-state index in [4.69, 9.17) is 16.3 Å². The zero-order chi connectivity index (χ0) is 20.3. The predicted molar refractivity (Wildman–Crippen MR) is 93.6 cm³/mol. The molecule has 0 fully saturated rings. The molecule has 1 aromatic heterocycles. The molecule has 2 rings (SSSR count). The van der Waals surface area contributed by atoms with Crippen LogP contribution in [0.15, 0.2) is 23.1 Å². The molecule has 0 saturated carbocycles. The number of pyridine rings is 1. The summed E-state index contributed by atoms with van der Waals surface area (Å²) >= 11 is 5.76. The Bertz CT molecular complexity index is 975. The molecule has 2 aromatic rings. The Morgan fingerprint density at radius 2 is 1.74 bits per heavy atom. The number of halogens is 2. The lowest BCUT2D eigenvalue weighted by molar-refractivity contribution is -0.139. The molecule has 0 N–H and O–H groups in total. The smallest absolute Gasteiger partial charge is 0.462 e. The molecular formula is C16H14BClFNO7. The minimum absolute atomic E-state index is 0.0928. The minimum atomic E-state index is -1.96. The van der Waals surface area contributed by atoms with Crippen LogP contribution in [0, 0.1) is 5.82 Å². The standard InChI is InChI=1S/C16H14BClFNO7/c1-4-20-7-11(15(23)10-5-13(19)12(18)6-14(10)20)16(24)27-17(25-8(2)21)26-9(3)22/h5-7H,4H2,1-3H3. The zero-order valence-electron chi connectivity index (χ0n) is 14.6. The molecule has 0 atom stereocenters. The summed E-state index contributed by atoms with van der Waals surface area (Å²) in [6.07, 6.45) is 1.19. The maximum atomic E-state index is 13.8. The highest BCUT2D eigenvalue weighted by Crippen LogP contribution is 2.22. The Morgan fingerprint density at radius 3 is 2.26 bits per heavy atom. The molecule has 1 aromatic carbocycles. The van der Waals surface area contributed by atoms with E-state index in [0.29, 0.717) is 12.1 Å². The van der Waals surface area contributed by atoms with Crippen LogP contribution in [0.2, 0.25) is 5.02 Å². The van der Waals surface area contributed by atoms with E-state index in [9.17, 15) is 23.6 Å². The van der Waals surface area contributed by atoms with E-state index in [1.165, 1.54) is 16.8 Å². The third kappa shape index (κ3) is 4.65. The van der Waals surface area contributed by atoms with Crippen LogP contribution in [-0.2, 0) is 30.1 Å². The Balaban J connectivity index is 2.50. The SMILES string of the molecule is CCn1cc(C(=O)OB(OC(C)=O)OC(C)=O)c(=O)c2cc(F)c(Cl)cc21. The van der Waals surface area contributed by atoms with Gasteiger partial charge in [-0.25, -0.2) is 9.18 Å². The molecule has 0 aliphatic rings. The highest BCUT2D eigenvalue weighted by atomic mass is 35.5. The summed E-state index contributed by atoms with van der Waals surface area (Å²) < 4.78 is 29.2. The first kappa shape index (κ1) is 20.4. The lowest BCUT2D eigenvalue weighted by Gasteiger charge is -2.14. The molecule has 8 nitrogen and oxygen atoms in total. The van der Waals surface area contributed by atoms with Gasteiger partial charge in [0.05, 0.1) is 10.5 Å². The average Bonchev–Trinajstić information content (AvgIpc) is 2.55. The Hall–Kier alpha value is -2.88. The quantitative estimate of drug-likeness (QED) is 0.712. The van der Waals surface area contributed by atoms with Gasteiger partial charge in [0.25, 0.3) is 11.9 Å². The largest absolute Gasteiger partial charge is 0.870 e. The number of fused-ring (bicyclic) bond motifs is 1. The number of hydrogen-bond acceptors (Lipinski definition) is 7. The number of aryl methyl sites for hydroxylation is 1. The summed E-state index contributed by atoms with van der Waals surface area (Å²) in [5.41, 5.74) is -0.961. The van der Waals surface area contributed by atoms with Crippen molar-refractivity contribution in [1.82, 2.24) is 4.57 Å². The molecule has 0 unspecified atom stereocenters. The van der Waals surface area contributed by atoms with E-state index in [1.807, 2.05) is 0 Å². The number of carbonyl (C=O) groups is 3. The van der Waals surface area contributed by atoms with Crippen LogP contribution >= 0.6 is 11.6 Å². The summed E-state index contributed by atoms with van der Waals surface area (Å²) in [4.78, 5) is 47.0. The van der Waals surface area contributed by atoms with Crippen molar-refractivity contribution in [2.75, 3.05) is 0 Å². The summed E-state index contributed by atoms with van der Waals surface area (Å²) in [6.45, 7) is 4.08. The van der Waals surface area contributed by atoms with Crippen LogP contribution in [0.3, 0.4) is 0 Å². The van der Waals surface area contributed by atoms with Gasteiger partial charge in [-0.1, -0.05) is 11.6 Å². The van der Waals surface area contributed by atoms with Gasteiger partial charge in [-0.3, -0.25) is 14.4 Å². The van der Waals surface area contributed by atoms with E-state index >= 15 is 0 Å². The fourth-order valence-electron chi connectivity index (χ4n) is 2.29.